The molecule has 0 atom stereocenters. The molecule has 0 spiro atoms. The quantitative estimate of drug-likeness (QED) is 0.807. The summed E-state index contributed by atoms with van der Waals surface area (Å²) in [5.74, 6) is 0.529. The van der Waals surface area contributed by atoms with Gasteiger partial charge in [-0.25, -0.2) is 4.98 Å². The molecule has 1 aromatic heterocycles. The van der Waals surface area contributed by atoms with Crippen molar-refractivity contribution in [1.82, 2.24) is 4.98 Å². The van der Waals surface area contributed by atoms with Crippen molar-refractivity contribution in [3.8, 4) is 0 Å². The summed E-state index contributed by atoms with van der Waals surface area (Å²) in [6, 6.07) is 3.76. The Balaban J connectivity index is 1.97. The number of nitrogens with two attached hydrogens (primary N) is 1. The summed E-state index contributed by atoms with van der Waals surface area (Å²) in [5.41, 5.74) is 5.93. The Kier molecular flexibility index (Phi) is 3.49. The molecule has 0 unspecified atom stereocenters. The van der Waals surface area contributed by atoms with Gasteiger partial charge in [-0.05, 0) is 25.0 Å². The molecule has 0 radical (unpaired) electrons. The number of nitrogen functional groups attached to an aromatic ring is 1. The molecule has 1 aliphatic heterocycles. The third-order valence-electron chi connectivity index (χ3n) is 3.24. The molecule has 5 nitrogen and oxygen atoms in total. The fraction of sp³-hybridized carbons (Fsp3) is 0.583. The molecule has 17 heavy (non-hydrogen) atoms. The molecule has 1 fully saturated rings. The number of anilines is 2. The minimum atomic E-state index is -0.674. The van der Waals surface area contributed by atoms with Crippen LogP contribution < -0.4 is 10.6 Å². The van der Waals surface area contributed by atoms with Gasteiger partial charge >= 0.3 is 0 Å². The summed E-state index contributed by atoms with van der Waals surface area (Å²) in [4.78, 5) is 6.28. The molecule has 1 aromatic rings. The van der Waals surface area contributed by atoms with Crippen molar-refractivity contribution in [2.24, 2.45) is 0 Å². The number of aliphatic hydroxyl groups is 1. The van der Waals surface area contributed by atoms with E-state index in [2.05, 4.69) is 9.88 Å². The largest absolute Gasteiger partial charge is 0.387 e. The molecule has 3 N–H and O–H groups in total. The van der Waals surface area contributed by atoms with Gasteiger partial charge in [0.25, 0.3) is 0 Å². The summed E-state index contributed by atoms with van der Waals surface area (Å²) in [6.45, 7) is 2.03. The molecule has 5 heteroatoms. The van der Waals surface area contributed by atoms with E-state index in [9.17, 15) is 5.11 Å². The zero-order valence-electron chi connectivity index (χ0n) is 10.1. The number of nitrogens with zero attached hydrogens (tertiary/aromatic N) is 2. The van der Waals surface area contributed by atoms with Gasteiger partial charge in [0.05, 0.1) is 24.1 Å². The van der Waals surface area contributed by atoms with E-state index >= 15 is 0 Å². The second-order valence-corrected chi connectivity index (χ2v) is 4.59. The molecule has 2 rings (SSSR count). The first-order valence-electron chi connectivity index (χ1n) is 5.81. The maximum Gasteiger partial charge on any atom is 0.123 e. The molecular weight excluding hydrogens is 218 g/mol. The lowest BCUT2D eigenvalue weighted by Gasteiger charge is -2.38. The van der Waals surface area contributed by atoms with Crippen LogP contribution >= 0.6 is 0 Å². The molecule has 0 aliphatic carbocycles. The van der Waals surface area contributed by atoms with Crippen LogP contribution in [-0.2, 0) is 4.74 Å². The second kappa shape index (κ2) is 4.89. The predicted molar refractivity (Wildman–Crippen MR) is 66.9 cm³/mol. The Morgan fingerprint density at radius 2 is 2.18 bits per heavy atom. The minimum absolute atomic E-state index is 0.404. The van der Waals surface area contributed by atoms with E-state index in [0.29, 0.717) is 25.3 Å². The average molecular weight is 237 g/mol. The Morgan fingerprint density at radius 1 is 1.47 bits per heavy atom. The van der Waals surface area contributed by atoms with Crippen LogP contribution in [0.5, 0.6) is 0 Å². The number of aromatic nitrogens is 1. The monoisotopic (exact) mass is 237 g/mol. The maximum absolute atomic E-state index is 10.2. The normalized spacial score (nSPS) is 19.3. The van der Waals surface area contributed by atoms with E-state index in [1.54, 1.807) is 19.4 Å². The van der Waals surface area contributed by atoms with Crippen LogP contribution in [0.2, 0.25) is 0 Å². The Labute approximate surface area is 101 Å². The Hall–Kier alpha value is -1.33. The minimum Gasteiger partial charge on any atom is -0.387 e. The number of pyridine rings is 1. The van der Waals surface area contributed by atoms with Crippen molar-refractivity contribution in [3.05, 3.63) is 18.3 Å². The van der Waals surface area contributed by atoms with Crippen molar-refractivity contribution in [2.75, 3.05) is 37.4 Å². The third kappa shape index (κ3) is 2.87. The van der Waals surface area contributed by atoms with Gasteiger partial charge in [0, 0.05) is 20.2 Å². The SMILES string of the molecule is COCC1(O)CCN(c2ccc(N)nc2)CC1. The highest BCUT2D eigenvalue weighted by atomic mass is 16.5. The van der Waals surface area contributed by atoms with Gasteiger partial charge in [0.15, 0.2) is 0 Å². The van der Waals surface area contributed by atoms with E-state index in [1.165, 1.54) is 0 Å². The Bertz CT molecular complexity index is 359. The summed E-state index contributed by atoms with van der Waals surface area (Å²) in [6.07, 6.45) is 3.20. The van der Waals surface area contributed by atoms with Crippen LogP contribution in [-0.4, -0.2) is 42.5 Å². The maximum atomic E-state index is 10.2. The fourth-order valence-corrected chi connectivity index (χ4v) is 2.18. The first-order chi connectivity index (χ1) is 8.13. The van der Waals surface area contributed by atoms with E-state index < -0.39 is 5.60 Å². The number of rotatable bonds is 3. The van der Waals surface area contributed by atoms with Gasteiger partial charge in [-0.2, -0.15) is 0 Å². The zero-order valence-corrected chi connectivity index (χ0v) is 10.1. The van der Waals surface area contributed by atoms with E-state index in [4.69, 9.17) is 10.5 Å². The van der Waals surface area contributed by atoms with Crippen LogP contribution in [0.15, 0.2) is 18.3 Å². The van der Waals surface area contributed by atoms with Gasteiger partial charge in [0.2, 0.25) is 0 Å². The highest BCUT2D eigenvalue weighted by Crippen LogP contribution is 2.26. The lowest BCUT2D eigenvalue weighted by molar-refractivity contribution is -0.0471. The first-order valence-corrected chi connectivity index (χ1v) is 5.81. The molecule has 0 aromatic carbocycles. The molecule has 94 valence electrons. The first kappa shape index (κ1) is 12.1. The molecule has 2 heterocycles. The van der Waals surface area contributed by atoms with Gasteiger partial charge < -0.3 is 20.5 Å². The number of hydrogen-bond acceptors (Lipinski definition) is 5. The zero-order chi connectivity index (χ0) is 12.3. The lowest BCUT2D eigenvalue weighted by atomic mass is 9.92. The van der Waals surface area contributed by atoms with Crippen LogP contribution in [0.4, 0.5) is 11.5 Å². The molecule has 1 aliphatic rings. The van der Waals surface area contributed by atoms with Crippen molar-refractivity contribution in [2.45, 2.75) is 18.4 Å². The van der Waals surface area contributed by atoms with Crippen LogP contribution in [0, 0.1) is 0 Å². The average Bonchev–Trinajstić information content (AvgIpc) is 2.31. The summed E-state index contributed by atoms with van der Waals surface area (Å²) in [7, 11) is 1.62. The fourth-order valence-electron chi connectivity index (χ4n) is 2.18. The molecule has 0 saturated carbocycles. The molecular formula is C12H19N3O2. The van der Waals surface area contributed by atoms with Crippen LogP contribution in [0.3, 0.4) is 0 Å². The number of hydrogen-bond donors (Lipinski definition) is 2. The molecule has 0 bridgehead atoms. The standard InChI is InChI=1S/C12H19N3O2/c1-17-9-12(16)4-6-15(7-5-12)10-2-3-11(13)14-8-10/h2-3,8,16H,4-7,9H2,1H3,(H2,13,14). The smallest absolute Gasteiger partial charge is 0.123 e. The van der Waals surface area contributed by atoms with Crippen molar-refractivity contribution in [3.63, 3.8) is 0 Å². The third-order valence-corrected chi connectivity index (χ3v) is 3.24. The van der Waals surface area contributed by atoms with Gasteiger partial charge in [-0.3, -0.25) is 0 Å². The lowest BCUT2D eigenvalue weighted by Crippen LogP contribution is -2.47. The Morgan fingerprint density at radius 3 is 2.71 bits per heavy atom. The van der Waals surface area contributed by atoms with Gasteiger partial charge in [-0.15, -0.1) is 0 Å². The van der Waals surface area contributed by atoms with Crippen LogP contribution in [0.25, 0.3) is 0 Å². The van der Waals surface area contributed by atoms with E-state index in [0.717, 1.165) is 18.8 Å². The van der Waals surface area contributed by atoms with Crippen molar-refractivity contribution in [1.29, 1.82) is 0 Å². The summed E-state index contributed by atoms with van der Waals surface area (Å²) >= 11 is 0. The molecule has 0 amide bonds. The van der Waals surface area contributed by atoms with Crippen molar-refractivity contribution >= 4 is 11.5 Å². The van der Waals surface area contributed by atoms with E-state index in [1.807, 2.05) is 6.07 Å². The van der Waals surface area contributed by atoms with Gasteiger partial charge in [0.1, 0.15) is 5.82 Å². The van der Waals surface area contributed by atoms with Crippen LogP contribution in [0.1, 0.15) is 12.8 Å². The number of methoxy groups -OCH3 is 1. The van der Waals surface area contributed by atoms with E-state index in [-0.39, 0.29) is 0 Å². The molecule has 1 saturated heterocycles. The van der Waals surface area contributed by atoms with Crippen molar-refractivity contribution < 1.29 is 9.84 Å². The number of ether oxygens (including phenoxy) is 1. The van der Waals surface area contributed by atoms with Gasteiger partial charge in [-0.1, -0.05) is 0 Å². The topological polar surface area (TPSA) is 71.6 Å². The predicted octanol–water partition coefficient (Wildman–Crippen LogP) is 0.641. The second-order valence-electron chi connectivity index (χ2n) is 4.59. The summed E-state index contributed by atoms with van der Waals surface area (Å²) in [5, 5.41) is 10.2. The number of piperidine rings is 1. The highest BCUT2D eigenvalue weighted by molar-refractivity contribution is 5.48. The summed E-state index contributed by atoms with van der Waals surface area (Å²) < 4.78 is 5.04. The highest BCUT2D eigenvalue weighted by Gasteiger charge is 2.32.